The van der Waals surface area contributed by atoms with Gasteiger partial charge in [-0.05, 0) is 24.3 Å². The van der Waals surface area contributed by atoms with Gasteiger partial charge in [-0.2, -0.15) is 0 Å². The molecule has 94 valence electrons. The summed E-state index contributed by atoms with van der Waals surface area (Å²) in [5.41, 5.74) is 7.27. The van der Waals surface area contributed by atoms with Gasteiger partial charge in [0, 0.05) is 12.6 Å². The first kappa shape index (κ1) is 12.4. The highest BCUT2D eigenvalue weighted by molar-refractivity contribution is 5.32. The Kier molecular flexibility index (Phi) is 4.15. The van der Waals surface area contributed by atoms with Crippen LogP contribution in [-0.2, 0) is 13.2 Å². The van der Waals surface area contributed by atoms with Crippen molar-refractivity contribution >= 4 is 0 Å². The summed E-state index contributed by atoms with van der Waals surface area (Å²) in [4.78, 5) is 4.37. The van der Waals surface area contributed by atoms with E-state index in [1.165, 1.54) is 0 Å². The van der Waals surface area contributed by atoms with Crippen molar-refractivity contribution in [3.8, 4) is 11.5 Å². The molecule has 0 aliphatic rings. The first-order chi connectivity index (χ1) is 8.81. The van der Waals surface area contributed by atoms with Gasteiger partial charge in [0.15, 0.2) is 0 Å². The van der Waals surface area contributed by atoms with Crippen molar-refractivity contribution in [3.05, 3.63) is 53.9 Å². The van der Waals surface area contributed by atoms with E-state index < -0.39 is 0 Å². The summed E-state index contributed by atoms with van der Waals surface area (Å²) in [5, 5.41) is 0. The molecule has 4 nitrogen and oxygen atoms in total. The smallest absolute Gasteiger partial charge is 0.130 e. The lowest BCUT2D eigenvalue weighted by atomic mass is 10.3. The van der Waals surface area contributed by atoms with Crippen LogP contribution in [0.2, 0.25) is 0 Å². The number of benzene rings is 1. The van der Waals surface area contributed by atoms with Crippen molar-refractivity contribution in [2.45, 2.75) is 13.2 Å². The van der Waals surface area contributed by atoms with Crippen LogP contribution in [0.1, 0.15) is 11.4 Å². The number of methoxy groups -OCH3 is 1. The van der Waals surface area contributed by atoms with E-state index in [1.54, 1.807) is 7.11 Å². The summed E-state index contributed by atoms with van der Waals surface area (Å²) in [6.07, 6.45) is 0. The molecule has 4 heteroatoms. The van der Waals surface area contributed by atoms with E-state index in [0.717, 1.165) is 22.9 Å². The predicted molar refractivity (Wildman–Crippen MR) is 69.5 cm³/mol. The second-order valence-electron chi connectivity index (χ2n) is 3.79. The van der Waals surface area contributed by atoms with Crippen LogP contribution in [0.4, 0.5) is 0 Å². The lowest BCUT2D eigenvalue weighted by Gasteiger charge is -2.08. The topological polar surface area (TPSA) is 57.4 Å². The Morgan fingerprint density at radius 1 is 1.06 bits per heavy atom. The van der Waals surface area contributed by atoms with Gasteiger partial charge in [-0.3, -0.25) is 4.98 Å². The average Bonchev–Trinajstić information content (AvgIpc) is 2.45. The zero-order chi connectivity index (χ0) is 12.8. The number of hydrogen-bond donors (Lipinski definition) is 1. The fraction of sp³-hybridized carbons (Fsp3) is 0.214. The molecule has 2 rings (SSSR count). The van der Waals surface area contributed by atoms with Gasteiger partial charge in [0.25, 0.3) is 0 Å². The molecular formula is C14H16N2O2. The second-order valence-corrected chi connectivity index (χ2v) is 3.79. The third-order valence-electron chi connectivity index (χ3n) is 2.50. The van der Waals surface area contributed by atoms with Gasteiger partial charge < -0.3 is 15.2 Å². The zero-order valence-electron chi connectivity index (χ0n) is 10.3. The Balaban J connectivity index is 2.01. The molecule has 18 heavy (non-hydrogen) atoms. The SMILES string of the molecule is COc1cccc(OCc2cccc(CN)n2)c1. The Morgan fingerprint density at radius 2 is 1.78 bits per heavy atom. The molecule has 0 bridgehead atoms. The molecular weight excluding hydrogens is 228 g/mol. The standard InChI is InChI=1S/C14H16N2O2/c1-17-13-6-3-7-14(8-13)18-10-12-5-2-4-11(9-15)16-12/h2-8H,9-10,15H2,1H3. The van der Waals surface area contributed by atoms with E-state index in [4.69, 9.17) is 15.2 Å². The number of ether oxygens (including phenoxy) is 2. The van der Waals surface area contributed by atoms with Crippen LogP contribution in [0.15, 0.2) is 42.5 Å². The molecule has 0 fully saturated rings. The molecule has 2 N–H and O–H groups in total. The van der Waals surface area contributed by atoms with Crippen LogP contribution < -0.4 is 15.2 Å². The minimum absolute atomic E-state index is 0.418. The van der Waals surface area contributed by atoms with Gasteiger partial charge in [0.05, 0.1) is 18.5 Å². The minimum atomic E-state index is 0.418. The zero-order valence-corrected chi connectivity index (χ0v) is 10.3. The number of nitrogens with two attached hydrogens (primary N) is 1. The van der Waals surface area contributed by atoms with E-state index in [0.29, 0.717) is 13.2 Å². The van der Waals surface area contributed by atoms with E-state index in [2.05, 4.69) is 4.98 Å². The first-order valence-electron chi connectivity index (χ1n) is 5.73. The van der Waals surface area contributed by atoms with Gasteiger partial charge in [0.2, 0.25) is 0 Å². The van der Waals surface area contributed by atoms with Crippen LogP contribution in [-0.4, -0.2) is 12.1 Å². The summed E-state index contributed by atoms with van der Waals surface area (Å²) in [6, 6.07) is 13.2. The predicted octanol–water partition coefficient (Wildman–Crippen LogP) is 2.13. The van der Waals surface area contributed by atoms with Crippen LogP contribution >= 0.6 is 0 Å². The highest BCUT2D eigenvalue weighted by Gasteiger charge is 2.00. The summed E-state index contributed by atoms with van der Waals surface area (Å²) in [5.74, 6) is 1.53. The van der Waals surface area contributed by atoms with Gasteiger partial charge in [-0.1, -0.05) is 12.1 Å². The Bertz CT molecular complexity index is 467. The molecule has 0 atom stereocenters. The molecule has 1 heterocycles. The highest BCUT2D eigenvalue weighted by Crippen LogP contribution is 2.19. The third kappa shape index (κ3) is 3.21. The van der Waals surface area contributed by atoms with Gasteiger partial charge in [0.1, 0.15) is 18.1 Å². The monoisotopic (exact) mass is 244 g/mol. The molecule has 0 aliphatic heterocycles. The van der Waals surface area contributed by atoms with Crippen LogP contribution in [0.5, 0.6) is 11.5 Å². The molecule has 0 spiro atoms. The van der Waals surface area contributed by atoms with Crippen molar-refractivity contribution in [2.75, 3.05) is 7.11 Å². The Hall–Kier alpha value is -2.07. The first-order valence-corrected chi connectivity index (χ1v) is 5.73. The fourth-order valence-electron chi connectivity index (χ4n) is 1.57. The van der Waals surface area contributed by atoms with Crippen molar-refractivity contribution in [1.29, 1.82) is 0 Å². The van der Waals surface area contributed by atoms with Gasteiger partial charge in [-0.25, -0.2) is 0 Å². The van der Waals surface area contributed by atoms with Crippen molar-refractivity contribution in [3.63, 3.8) is 0 Å². The van der Waals surface area contributed by atoms with Crippen molar-refractivity contribution < 1.29 is 9.47 Å². The molecule has 0 unspecified atom stereocenters. The Labute approximate surface area is 106 Å². The molecule has 1 aromatic heterocycles. The van der Waals surface area contributed by atoms with Crippen molar-refractivity contribution in [1.82, 2.24) is 4.98 Å². The number of pyridine rings is 1. The summed E-state index contributed by atoms with van der Waals surface area (Å²) in [7, 11) is 1.63. The maximum Gasteiger partial charge on any atom is 0.130 e. The van der Waals surface area contributed by atoms with E-state index in [-0.39, 0.29) is 0 Å². The molecule has 0 radical (unpaired) electrons. The highest BCUT2D eigenvalue weighted by atomic mass is 16.5. The van der Waals surface area contributed by atoms with Gasteiger partial charge >= 0.3 is 0 Å². The average molecular weight is 244 g/mol. The molecule has 0 saturated carbocycles. The quantitative estimate of drug-likeness (QED) is 0.875. The summed E-state index contributed by atoms with van der Waals surface area (Å²) < 4.78 is 10.8. The number of aromatic nitrogens is 1. The molecule has 1 aromatic carbocycles. The minimum Gasteiger partial charge on any atom is -0.497 e. The normalized spacial score (nSPS) is 10.1. The summed E-state index contributed by atoms with van der Waals surface area (Å²) >= 11 is 0. The third-order valence-corrected chi connectivity index (χ3v) is 2.50. The largest absolute Gasteiger partial charge is 0.497 e. The van der Waals surface area contributed by atoms with E-state index in [1.807, 2.05) is 42.5 Å². The van der Waals surface area contributed by atoms with Crippen LogP contribution in [0, 0.1) is 0 Å². The van der Waals surface area contributed by atoms with Crippen LogP contribution in [0.25, 0.3) is 0 Å². The van der Waals surface area contributed by atoms with E-state index in [9.17, 15) is 0 Å². The number of hydrogen-bond acceptors (Lipinski definition) is 4. The number of rotatable bonds is 5. The second kappa shape index (κ2) is 6.02. The van der Waals surface area contributed by atoms with Gasteiger partial charge in [-0.15, -0.1) is 0 Å². The molecule has 0 amide bonds. The number of nitrogens with zero attached hydrogens (tertiary/aromatic N) is 1. The molecule has 0 saturated heterocycles. The van der Waals surface area contributed by atoms with Crippen LogP contribution in [0.3, 0.4) is 0 Å². The summed E-state index contributed by atoms with van der Waals surface area (Å²) in [6.45, 7) is 0.855. The fourth-order valence-corrected chi connectivity index (χ4v) is 1.57. The Morgan fingerprint density at radius 3 is 2.56 bits per heavy atom. The maximum atomic E-state index is 5.65. The van der Waals surface area contributed by atoms with E-state index >= 15 is 0 Å². The lowest BCUT2D eigenvalue weighted by Crippen LogP contribution is -2.04. The maximum absolute atomic E-state index is 5.65. The molecule has 0 aliphatic carbocycles. The van der Waals surface area contributed by atoms with Crippen molar-refractivity contribution in [2.24, 2.45) is 5.73 Å². The molecule has 2 aromatic rings. The lowest BCUT2D eigenvalue weighted by molar-refractivity contribution is 0.298.